The monoisotopic (exact) mass is 258 g/mol. The molecule has 94 valence electrons. The molecule has 0 unspecified atom stereocenters. The van der Waals surface area contributed by atoms with Gasteiger partial charge in [-0.3, -0.25) is 0 Å². The second kappa shape index (κ2) is 5.44. The summed E-state index contributed by atoms with van der Waals surface area (Å²) in [6.07, 6.45) is 1.73. The van der Waals surface area contributed by atoms with Crippen molar-refractivity contribution < 1.29 is 0 Å². The average Bonchev–Trinajstić information content (AvgIpc) is 2.28. The summed E-state index contributed by atoms with van der Waals surface area (Å²) in [7, 11) is 0. The normalized spacial score (nSPS) is 10.6. The lowest BCUT2D eigenvalue weighted by Gasteiger charge is -2.08. The van der Waals surface area contributed by atoms with Gasteiger partial charge in [0.1, 0.15) is 10.5 Å². The topological polar surface area (TPSA) is 28.7 Å². The number of nitrogens with zero attached hydrogens (tertiary/aromatic N) is 1. The highest BCUT2D eigenvalue weighted by Crippen LogP contribution is 2.12. The first-order valence-corrected chi connectivity index (χ1v) is 6.65. The molecular weight excluding hydrogens is 240 g/mol. The van der Waals surface area contributed by atoms with E-state index in [1.54, 1.807) is 0 Å². The van der Waals surface area contributed by atoms with Crippen molar-refractivity contribution in [3.05, 3.63) is 57.1 Å². The Labute approximate surface area is 113 Å². The molecule has 0 amide bonds. The van der Waals surface area contributed by atoms with Gasteiger partial charge in [-0.25, -0.2) is 4.98 Å². The maximum Gasteiger partial charge on any atom is 0.133 e. The average molecular weight is 258 g/mol. The molecule has 3 heteroatoms. The number of aryl methyl sites for hydroxylation is 2. The number of H-pyrrole nitrogens is 1. The van der Waals surface area contributed by atoms with Crippen molar-refractivity contribution in [1.82, 2.24) is 9.97 Å². The molecule has 0 aliphatic rings. The van der Waals surface area contributed by atoms with Gasteiger partial charge in [0.05, 0.1) is 0 Å². The summed E-state index contributed by atoms with van der Waals surface area (Å²) < 4.78 is 0.733. The molecule has 1 aromatic heterocycles. The quantitative estimate of drug-likeness (QED) is 0.846. The van der Waals surface area contributed by atoms with Crippen LogP contribution in [0.3, 0.4) is 0 Å². The molecule has 1 heterocycles. The Bertz CT molecular complexity index is 614. The molecular formula is C15H18N2S. The van der Waals surface area contributed by atoms with Gasteiger partial charge < -0.3 is 4.98 Å². The highest BCUT2D eigenvalue weighted by molar-refractivity contribution is 7.71. The predicted molar refractivity (Wildman–Crippen MR) is 77.5 cm³/mol. The van der Waals surface area contributed by atoms with Gasteiger partial charge >= 0.3 is 0 Å². The minimum Gasteiger partial charge on any atom is -0.347 e. The van der Waals surface area contributed by atoms with E-state index in [2.05, 4.69) is 55.0 Å². The SMILES string of the molecule is CCc1c(C)[nH]c(Cc2cccc(C)c2)nc1=S. The van der Waals surface area contributed by atoms with Crippen molar-refractivity contribution in [1.29, 1.82) is 0 Å². The molecule has 1 aromatic carbocycles. The number of hydrogen-bond acceptors (Lipinski definition) is 2. The van der Waals surface area contributed by atoms with Crippen LogP contribution in [0.4, 0.5) is 0 Å². The molecule has 0 radical (unpaired) electrons. The second-order valence-corrected chi connectivity index (χ2v) is 5.00. The molecule has 0 aliphatic heterocycles. The summed E-state index contributed by atoms with van der Waals surface area (Å²) in [5.74, 6) is 0.945. The first kappa shape index (κ1) is 13.0. The Morgan fingerprint density at radius 2 is 2.06 bits per heavy atom. The highest BCUT2D eigenvalue weighted by Gasteiger charge is 2.04. The van der Waals surface area contributed by atoms with Gasteiger partial charge in [0.15, 0.2) is 0 Å². The third-order valence-electron chi connectivity index (χ3n) is 3.09. The van der Waals surface area contributed by atoms with Crippen LogP contribution in [0.15, 0.2) is 24.3 Å². The number of rotatable bonds is 3. The number of aromatic nitrogens is 2. The van der Waals surface area contributed by atoms with Crippen LogP contribution in [-0.4, -0.2) is 9.97 Å². The number of aromatic amines is 1. The first-order valence-electron chi connectivity index (χ1n) is 6.24. The fourth-order valence-corrected chi connectivity index (χ4v) is 2.59. The lowest BCUT2D eigenvalue weighted by Crippen LogP contribution is -2.03. The lowest BCUT2D eigenvalue weighted by atomic mass is 10.1. The fourth-order valence-electron chi connectivity index (χ4n) is 2.19. The Morgan fingerprint density at radius 1 is 1.28 bits per heavy atom. The zero-order chi connectivity index (χ0) is 13.1. The van der Waals surface area contributed by atoms with E-state index < -0.39 is 0 Å². The van der Waals surface area contributed by atoms with Crippen LogP contribution in [0.1, 0.15) is 35.1 Å². The molecule has 0 bridgehead atoms. The van der Waals surface area contributed by atoms with E-state index in [0.29, 0.717) is 0 Å². The number of nitrogens with one attached hydrogen (secondary N) is 1. The lowest BCUT2D eigenvalue weighted by molar-refractivity contribution is 0.894. The summed E-state index contributed by atoms with van der Waals surface area (Å²) in [6.45, 7) is 6.27. The minimum absolute atomic E-state index is 0.733. The summed E-state index contributed by atoms with van der Waals surface area (Å²) >= 11 is 5.34. The van der Waals surface area contributed by atoms with Crippen LogP contribution in [0.2, 0.25) is 0 Å². The molecule has 2 nitrogen and oxygen atoms in total. The van der Waals surface area contributed by atoms with E-state index >= 15 is 0 Å². The minimum atomic E-state index is 0.733. The van der Waals surface area contributed by atoms with Crippen molar-refractivity contribution in [2.45, 2.75) is 33.6 Å². The van der Waals surface area contributed by atoms with Gasteiger partial charge in [0, 0.05) is 17.7 Å². The molecule has 18 heavy (non-hydrogen) atoms. The van der Waals surface area contributed by atoms with E-state index in [4.69, 9.17) is 12.2 Å². The van der Waals surface area contributed by atoms with Gasteiger partial charge in [-0.2, -0.15) is 0 Å². The van der Waals surface area contributed by atoms with Crippen LogP contribution in [-0.2, 0) is 12.8 Å². The zero-order valence-electron chi connectivity index (χ0n) is 11.1. The van der Waals surface area contributed by atoms with Crippen LogP contribution in [0.5, 0.6) is 0 Å². The van der Waals surface area contributed by atoms with E-state index in [1.165, 1.54) is 11.1 Å². The number of benzene rings is 1. The Kier molecular flexibility index (Phi) is 3.92. The maximum absolute atomic E-state index is 5.34. The van der Waals surface area contributed by atoms with Gasteiger partial charge in [0.2, 0.25) is 0 Å². The fraction of sp³-hybridized carbons (Fsp3) is 0.333. The van der Waals surface area contributed by atoms with E-state index in [9.17, 15) is 0 Å². The van der Waals surface area contributed by atoms with E-state index in [1.807, 2.05) is 0 Å². The molecule has 0 aliphatic carbocycles. The predicted octanol–water partition coefficient (Wildman–Crippen LogP) is 3.91. The third kappa shape index (κ3) is 2.85. The van der Waals surface area contributed by atoms with Gasteiger partial charge in [-0.05, 0) is 25.8 Å². The highest BCUT2D eigenvalue weighted by atomic mass is 32.1. The Morgan fingerprint density at radius 3 is 2.67 bits per heavy atom. The van der Waals surface area contributed by atoms with Crippen molar-refractivity contribution in [3.8, 4) is 0 Å². The summed E-state index contributed by atoms with van der Waals surface area (Å²) in [6, 6.07) is 8.48. The van der Waals surface area contributed by atoms with E-state index in [0.717, 1.165) is 34.6 Å². The molecule has 0 atom stereocenters. The smallest absolute Gasteiger partial charge is 0.133 e. The van der Waals surface area contributed by atoms with Crippen molar-refractivity contribution in [3.63, 3.8) is 0 Å². The maximum atomic E-state index is 5.34. The van der Waals surface area contributed by atoms with Crippen LogP contribution in [0, 0.1) is 18.5 Å². The van der Waals surface area contributed by atoms with Crippen molar-refractivity contribution >= 4 is 12.2 Å². The molecule has 0 saturated carbocycles. The third-order valence-corrected chi connectivity index (χ3v) is 3.42. The summed E-state index contributed by atoms with van der Waals surface area (Å²) in [4.78, 5) is 7.85. The zero-order valence-corrected chi connectivity index (χ0v) is 11.9. The molecule has 1 N–H and O–H groups in total. The van der Waals surface area contributed by atoms with Crippen molar-refractivity contribution in [2.75, 3.05) is 0 Å². The first-order chi connectivity index (χ1) is 8.60. The Balaban J connectivity index is 2.33. The second-order valence-electron chi connectivity index (χ2n) is 4.61. The summed E-state index contributed by atoms with van der Waals surface area (Å²) in [5, 5.41) is 0. The molecule has 2 rings (SSSR count). The van der Waals surface area contributed by atoms with Gasteiger partial charge in [-0.15, -0.1) is 0 Å². The molecule has 0 spiro atoms. The number of hydrogen-bond donors (Lipinski definition) is 1. The molecule has 0 saturated heterocycles. The van der Waals surface area contributed by atoms with Crippen LogP contribution < -0.4 is 0 Å². The van der Waals surface area contributed by atoms with Crippen molar-refractivity contribution in [2.24, 2.45) is 0 Å². The van der Waals surface area contributed by atoms with Crippen LogP contribution in [0.25, 0.3) is 0 Å². The molecule has 2 aromatic rings. The largest absolute Gasteiger partial charge is 0.347 e. The van der Waals surface area contributed by atoms with Crippen LogP contribution >= 0.6 is 12.2 Å². The standard InChI is InChI=1S/C15H18N2S/c1-4-13-11(3)16-14(17-15(13)18)9-12-7-5-6-10(2)8-12/h5-8H,4,9H2,1-3H3,(H,16,17,18). The van der Waals surface area contributed by atoms with Gasteiger partial charge in [0.25, 0.3) is 0 Å². The molecule has 0 fully saturated rings. The Hall–Kier alpha value is -1.48. The van der Waals surface area contributed by atoms with E-state index in [-0.39, 0.29) is 0 Å². The summed E-state index contributed by atoms with van der Waals surface area (Å²) in [5.41, 5.74) is 4.82. The van der Waals surface area contributed by atoms with Gasteiger partial charge in [-0.1, -0.05) is 49.0 Å².